The number of unbranched alkanes of at least 4 members (excludes halogenated alkanes) is 28. The zero-order chi connectivity index (χ0) is 27.6. The molecule has 0 unspecified atom stereocenters. The lowest BCUT2D eigenvalue weighted by Gasteiger charge is -2.05. The third kappa shape index (κ3) is 35.4. The SMILES string of the molecule is CCCCCCNCCCCCCCCCCCCCCCCCCCCCCCCCCCCC(=O)O. The maximum absolute atomic E-state index is 10.5. The van der Waals surface area contributed by atoms with Gasteiger partial charge in [0.1, 0.15) is 0 Å². The number of aliphatic carboxylic acids is 1. The lowest BCUT2D eigenvalue weighted by atomic mass is 10.0. The molecule has 228 valence electrons. The second-order valence-corrected chi connectivity index (χ2v) is 12.1. The van der Waals surface area contributed by atoms with Gasteiger partial charge in [0, 0.05) is 6.42 Å². The zero-order valence-electron chi connectivity index (χ0n) is 26.2. The van der Waals surface area contributed by atoms with Crippen molar-refractivity contribution in [1.29, 1.82) is 0 Å². The highest BCUT2D eigenvalue weighted by Crippen LogP contribution is 2.16. The minimum absolute atomic E-state index is 0.346. The molecule has 0 radical (unpaired) electrons. The van der Waals surface area contributed by atoms with Gasteiger partial charge in [-0.2, -0.15) is 0 Å². The van der Waals surface area contributed by atoms with Crippen molar-refractivity contribution in [2.24, 2.45) is 0 Å². The zero-order valence-corrected chi connectivity index (χ0v) is 26.2. The molecule has 3 heteroatoms. The quantitative estimate of drug-likeness (QED) is 0.0802. The molecule has 0 fully saturated rings. The van der Waals surface area contributed by atoms with Crippen LogP contribution in [0, 0.1) is 0 Å². The van der Waals surface area contributed by atoms with Gasteiger partial charge >= 0.3 is 5.97 Å². The third-order valence-electron chi connectivity index (χ3n) is 8.20. The Kier molecular flexibility index (Phi) is 33.9. The van der Waals surface area contributed by atoms with E-state index in [1.54, 1.807) is 0 Å². The molecular formula is C35H71NO2. The van der Waals surface area contributed by atoms with Gasteiger partial charge in [-0.25, -0.2) is 0 Å². The van der Waals surface area contributed by atoms with Gasteiger partial charge in [-0.15, -0.1) is 0 Å². The number of carbonyl (C=O) groups is 1. The van der Waals surface area contributed by atoms with Crippen LogP contribution in [-0.2, 0) is 4.79 Å². The lowest BCUT2D eigenvalue weighted by molar-refractivity contribution is -0.137. The fourth-order valence-corrected chi connectivity index (χ4v) is 5.57. The predicted octanol–water partition coefficient (Wildman–Crippen LogP) is 11.8. The van der Waals surface area contributed by atoms with E-state index in [0.29, 0.717) is 6.42 Å². The van der Waals surface area contributed by atoms with Gasteiger partial charge < -0.3 is 10.4 Å². The maximum Gasteiger partial charge on any atom is 0.303 e. The van der Waals surface area contributed by atoms with Crippen LogP contribution >= 0.6 is 0 Å². The second kappa shape index (κ2) is 34.5. The highest BCUT2D eigenvalue weighted by atomic mass is 16.4. The van der Waals surface area contributed by atoms with Crippen molar-refractivity contribution < 1.29 is 9.90 Å². The molecule has 2 N–H and O–H groups in total. The summed E-state index contributed by atoms with van der Waals surface area (Å²) in [6.45, 7) is 4.74. The molecule has 0 saturated carbocycles. The van der Waals surface area contributed by atoms with E-state index in [-0.39, 0.29) is 0 Å². The average Bonchev–Trinajstić information content (AvgIpc) is 2.91. The molecule has 3 nitrogen and oxygen atoms in total. The highest BCUT2D eigenvalue weighted by Gasteiger charge is 1.98. The molecule has 0 aromatic rings. The van der Waals surface area contributed by atoms with Crippen molar-refractivity contribution in [3.05, 3.63) is 0 Å². The molecule has 0 aliphatic heterocycles. The minimum Gasteiger partial charge on any atom is -0.481 e. The fourth-order valence-electron chi connectivity index (χ4n) is 5.57. The molecule has 0 rings (SSSR count). The molecule has 0 atom stereocenters. The Hall–Kier alpha value is -0.570. The molecule has 0 aliphatic carbocycles. The monoisotopic (exact) mass is 538 g/mol. The smallest absolute Gasteiger partial charge is 0.303 e. The first-order valence-corrected chi connectivity index (χ1v) is 17.7. The van der Waals surface area contributed by atoms with Crippen LogP contribution < -0.4 is 5.32 Å². The maximum atomic E-state index is 10.5. The Balaban J connectivity index is 3.02. The third-order valence-corrected chi connectivity index (χ3v) is 8.20. The largest absolute Gasteiger partial charge is 0.481 e. The van der Waals surface area contributed by atoms with Gasteiger partial charge in [-0.1, -0.05) is 180 Å². The molecule has 0 aromatic heterocycles. The number of carboxylic acids is 1. The number of hydrogen-bond acceptors (Lipinski definition) is 2. The summed E-state index contributed by atoms with van der Waals surface area (Å²) in [5.74, 6) is -0.649. The van der Waals surface area contributed by atoms with Crippen molar-refractivity contribution in [2.45, 2.75) is 206 Å². The van der Waals surface area contributed by atoms with E-state index in [4.69, 9.17) is 5.11 Å². The molecule has 0 saturated heterocycles. The van der Waals surface area contributed by atoms with E-state index in [9.17, 15) is 4.79 Å². The summed E-state index contributed by atoms with van der Waals surface area (Å²) >= 11 is 0. The Morgan fingerprint density at radius 3 is 0.895 bits per heavy atom. The van der Waals surface area contributed by atoms with Gasteiger partial charge in [0.25, 0.3) is 0 Å². The minimum atomic E-state index is -0.649. The average molecular weight is 538 g/mol. The van der Waals surface area contributed by atoms with E-state index >= 15 is 0 Å². The van der Waals surface area contributed by atoms with Crippen LogP contribution in [0.25, 0.3) is 0 Å². The first-order valence-electron chi connectivity index (χ1n) is 17.7. The lowest BCUT2D eigenvalue weighted by Crippen LogP contribution is -2.16. The summed E-state index contributed by atoms with van der Waals surface area (Å²) in [5.41, 5.74) is 0. The molecule has 0 heterocycles. The van der Waals surface area contributed by atoms with Crippen molar-refractivity contribution in [3.8, 4) is 0 Å². The Labute approximate surface area is 240 Å². The van der Waals surface area contributed by atoms with Crippen LogP contribution in [0.1, 0.15) is 206 Å². The van der Waals surface area contributed by atoms with Crippen LogP contribution in [0.4, 0.5) is 0 Å². The predicted molar refractivity (Wildman–Crippen MR) is 169 cm³/mol. The van der Waals surface area contributed by atoms with Crippen molar-refractivity contribution in [3.63, 3.8) is 0 Å². The molecular weight excluding hydrogens is 466 g/mol. The van der Waals surface area contributed by atoms with E-state index < -0.39 is 5.97 Å². The summed E-state index contributed by atoms with van der Waals surface area (Å²) in [4.78, 5) is 10.5. The molecule has 0 aliphatic rings. The van der Waals surface area contributed by atoms with Gasteiger partial charge in [0.05, 0.1) is 0 Å². The summed E-state index contributed by atoms with van der Waals surface area (Å²) < 4.78 is 0. The van der Waals surface area contributed by atoms with E-state index in [1.807, 2.05) is 0 Å². The number of hydrogen-bond donors (Lipinski definition) is 2. The van der Waals surface area contributed by atoms with Crippen LogP contribution in [0.5, 0.6) is 0 Å². The normalized spacial score (nSPS) is 11.4. The molecule has 0 aromatic carbocycles. The second-order valence-electron chi connectivity index (χ2n) is 12.1. The van der Waals surface area contributed by atoms with E-state index in [1.165, 1.54) is 193 Å². The van der Waals surface area contributed by atoms with Gasteiger partial charge in [-0.3, -0.25) is 4.79 Å². The van der Waals surface area contributed by atoms with Crippen molar-refractivity contribution >= 4 is 5.97 Å². The Bertz CT molecular complexity index is 440. The summed E-state index contributed by atoms with van der Waals surface area (Å²) in [6.07, 6.45) is 41.9. The van der Waals surface area contributed by atoms with Gasteiger partial charge in [0.15, 0.2) is 0 Å². The standard InChI is InChI=1S/C35H71NO2/c1-2-3-4-30-33-36-34-31-28-26-24-22-20-18-16-14-12-10-8-6-5-7-9-11-13-15-17-19-21-23-25-27-29-32-35(37)38/h36H,2-34H2,1H3,(H,37,38). The number of nitrogens with one attached hydrogen (secondary N) is 1. The number of carboxylic acid groups (broad SMARTS) is 1. The summed E-state index contributed by atoms with van der Waals surface area (Å²) in [5, 5.41) is 12.2. The molecule has 0 spiro atoms. The molecule has 0 bridgehead atoms. The highest BCUT2D eigenvalue weighted by molar-refractivity contribution is 5.66. The first kappa shape index (κ1) is 37.4. The summed E-state index contributed by atoms with van der Waals surface area (Å²) in [6, 6.07) is 0. The Morgan fingerprint density at radius 2 is 0.632 bits per heavy atom. The molecule has 0 amide bonds. The van der Waals surface area contributed by atoms with Gasteiger partial charge in [0.2, 0.25) is 0 Å². The van der Waals surface area contributed by atoms with Crippen molar-refractivity contribution in [2.75, 3.05) is 13.1 Å². The van der Waals surface area contributed by atoms with Crippen LogP contribution in [0.2, 0.25) is 0 Å². The van der Waals surface area contributed by atoms with Crippen LogP contribution in [0.3, 0.4) is 0 Å². The van der Waals surface area contributed by atoms with E-state index in [0.717, 1.165) is 12.8 Å². The summed E-state index contributed by atoms with van der Waals surface area (Å²) in [7, 11) is 0. The Morgan fingerprint density at radius 1 is 0.395 bits per heavy atom. The number of rotatable bonds is 34. The van der Waals surface area contributed by atoms with Crippen LogP contribution in [0.15, 0.2) is 0 Å². The van der Waals surface area contributed by atoms with Gasteiger partial charge in [-0.05, 0) is 32.4 Å². The molecule has 38 heavy (non-hydrogen) atoms. The fraction of sp³-hybridized carbons (Fsp3) is 0.971. The van der Waals surface area contributed by atoms with Crippen molar-refractivity contribution in [1.82, 2.24) is 5.32 Å². The van der Waals surface area contributed by atoms with Crippen LogP contribution in [-0.4, -0.2) is 24.2 Å². The first-order chi connectivity index (χ1) is 18.8. The topological polar surface area (TPSA) is 49.3 Å². The van der Waals surface area contributed by atoms with E-state index in [2.05, 4.69) is 12.2 Å².